The zero-order valence-corrected chi connectivity index (χ0v) is 44.0. The van der Waals surface area contributed by atoms with Crippen molar-refractivity contribution >= 4 is 17.9 Å². The first-order valence-corrected chi connectivity index (χ1v) is 28.6. The molecule has 0 aromatic carbocycles. The predicted octanol–water partition coefficient (Wildman–Crippen LogP) is 19.0. The number of hydrogen-bond acceptors (Lipinski definition) is 6. The van der Waals surface area contributed by atoms with Crippen LogP contribution in [0.2, 0.25) is 0 Å². The van der Waals surface area contributed by atoms with Gasteiger partial charge in [0.05, 0.1) is 0 Å². The summed E-state index contributed by atoms with van der Waals surface area (Å²) in [5, 5.41) is 0. The Balaban J connectivity index is 4.33. The Labute approximate surface area is 409 Å². The minimum atomic E-state index is -0.776. The Morgan fingerprint density at radius 2 is 0.545 bits per heavy atom. The van der Waals surface area contributed by atoms with Gasteiger partial charge in [0, 0.05) is 19.3 Å². The van der Waals surface area contributed by atoms with E-state index in [1.54, 1.807) is 0 Å². The lowest BCUT2D eigenvalue weighted by atomic mass is 10.1. The third-order valence-electron chi connectivity index (χ3n) is 12.6. The van der Waals surface area contributed by atoms with Gasteiger partial charge in [0.1, 0.15) is 13.2 Å². The number of allylic oxidation sites excluding steroid dienone is 8. The van der Waals surface area contributed by atoms with Gasteiger partial charge in [-0.25, -0.2) is 0 Å². The van der Waals surface area contributed by atoms with Crippen LogP contribution < -0.4 is 0 Å². The molecule has 0 fully saturated rings. The molecule has 0 aliphatic heterocycles. The standard InChI is InChI=1S/C60H108O6/c1-4-7-10-13-16-19-22-24-26-28-30-32-33-35-38-41-44-47-50-53-59(62)65-56-57(55-64-58(61)52-49-46-43-40-37-21-18-15-12-9-6-3)66-60(63)54-51-48-45-42-39-36-34-31-29-27-25-23-20-17-14-11-8-5-2/h16,19-20,23-24,26-27,29,57H,4-15,17-18,21-22,25,28,30-56H2,1-3H3/b19-16-,23-20-,26-24-,29-27-. The number of rotatable bonds is 52. The van der Waals surface area contributed by atoms with Crippen LogP contribution >= 0.6 is 0 Å². The molecule has 0 N–H and O–H groups in total. The summed E-state index contributed by atoms with van der Waals surface area (Å²) in [6.07, 6.45) is 66.7. The molecule has 384 valence electrons. The van der Waals surface area contributed by atoms with Gasteiger partial charge in [0.25, 0.3) is 0 Å². The minimum absolute atomic E-state index is 0.0749. The SMILES string of the molecule is CCCCC/C=C\C/C=C\CCCCCCCCCCCC(=O)OCC(COC(=O)CCCCCCCCCCCCC)OC(=O)CCCCCCCCC/C=C\C/C=C\CCCCCC. The van der Waals surface area contributed by atoms with Crippen molar-refractivity contribution in [2.45, 2.75) is 303 Å². The maximum atomic E-state index is 12.8. The number of hydrogen-bond donors (Lipinski definition) is 0. The molecule has 6 heteroatoms. The molecule has 0 radical (unpaired) electrons. The summed E-state index contributed by atoms with van der Waals surface area (Å²) in [6.45, 7) is 6.61. The van der Waals surface area contributed by atoms with Gasteiger partial charge in [-0.05, 0) is 83.5 Å². The largest absolute Gasteiger partial charge is 0.462 e. The summed E-state index contributed by atoms with van der Waals surface area (Å²) < 4.78 is 16.9. The van der Waals surface area contributed by atoms with Gasteiger partial charge < -0.3 is 14.2 Å². The van der Waals surface area contributed by atoms with Crippen molar-refractivity contribution in [1.29, 1.82) is 0 Å². The summed E-state index contributed by atoms with van der Waals surface area (Å²) in [4.78, 5) is 38.1. The number of unbranched alkanes of at least 4 members (excludes halogenated alkanes) is 33. The van der Waals surface area contributed by atoms with Crippen LogP contribution in [0.3, 0.4) is 0 Å². The molecule has 0 aliphatic rings. The zero-order chi connectivity index (χ0) is 47.9. The van der Waals surface area contributed by atoms with Crippen LogP contribution in [0.4, 0.5) is 0 Å². The first-order valence-electron chi connectivity index (χ1n) is 28.6. The summed E-state index contributed by atoms with van der Waals surface area (Å²) in [6, 6.07) is 0. The Kier molecular flexibility index (Phi) is 52.8. The Morgan fingerprint density at radius 3 is 0.879 bits per heavy atom. The summed E-state index contributed by atoms with van der Waals surface area (Å²) in [5.74, 6) is -0.875. The normalized spacial score (nSPS) is 12.3. The van der Waals surface area contributed by atoms with Crippen LogP contribution in [-0.2, 0) is 28.6 Å². The minimum Gasteiger partial charge on any atom is -0.462 e. The molecule has 0 saturated heterocycles. The molecule has 0 aliphatic carbocycles. The van der Waals surface area contributed by atoms with Crippen LogP contribution in [0.5, 0.6) is 0 Å². The predicted molar refractivity (Wildman–Crippen MR) is 284 cm³/mol. The highest BCUT2D eigenvalue weighted by Gasteiger charge is 2.19. The van der Waals surface area contributed by atoms with E-state index in [-0.39, 0.29) is 31.1 Å². The van der Waals surface area contributed by atoms with E-state index < -0.39 is 6.10 Å². The van der Waals surface area contributed by atoms with E-state index in [2.05, 4.69) is 69.4 Å². The fourth-order valence-electron chi connectivity index (χ4n) is 8.21. The number of esters is 3. The second-order valence-electron chi connectivity index (χ2n) is 19.2. The third-order valence-corrected chi connectivity index (χ3v) is 12.6. The molecular weight excluding hydrogens is 817 g/mol. The van der Waals surface area contributed by atoms with Crippen LogP contribution in [-0.4, -0.2) is 37.2 Å². The van der Waals surface area contributed by atoms with E-state index in [4.69, 9.17) is 14.2 Å². The van der Waals surface area contributed by atoms with Crippen LogP contribution in [0.15, 0.2) is 48.6 Å². The van der Waals surface area contributed by atoms with E-state index >= 15 is 0 Å². The topological polar surface area (TPSA) is 78.9 Å². The Morgan fingerprint density at radius 1 is 0.303 bits per heavy atom. The lowest BCUT2D eigenvalue weighted by molar-refractivity contribution is -0.167. The van der Waals surface area contributed by atoms with E-state index in [0.29, 0.717) is 19.3 Å². The molecule has 0 heterocycles. The summed E-state index contributed by atoms with van der Waals surface area (Å²) in [5.41, 5.74) is 0. The zero-order valence-electron chi connectivity index (χ0n) is 44.0. The van der Waals surface area contributed by atoms with Crippen LogP contribution in [0.25, 0.3) is 0 Å². The molecule has 1 unspecified atom stereocenters. The van der Waals surface area contributed by atoms with Crippen molar-refractivity contribution in [2.75, 3.05) is 13.2 Å². The summed E-state index contributed by atoms with van der Waals surface area (Å²) >= 11 is 0. The van der Waals surface area contributed by atoms with Crippen molar-refractivity contribution < 1.29 is 28.6 Å². The molecule has 0 aromatic rings. The van der Waals surface area contributed by atoms with Crippen molar-refractivity contribution in [1.82, 2.24) is 0 Å². The molecule has 0 spiro atoms. The molecule has 0 saturated carbocycles. The molecular formula is C60H108O6. The smallest absolute Gasteiger partial charge is 0.306 e. The monoisotopic (exact) mass is 925 g/mol. The van der Waals surface area contributed by atoms with E-state index in [1.807, 2.05) is 0 Å². The highest BCUT2D eigenvalue weighted by Crippen LogP contribution is 2.16. The average molecular weight is 926 g/mol. The Hall–Kier alpha value is -2.63. The third kappa shape index (κ3) is 52.3. The van der Waals surface area contributed by atoms with Gasteiger partial charge in [-0.1, -0.05) is 243 Å². The average Bonchev–Trinajstić information content (AvgIpc) is 3.31. The van der Waals surface area contributed by atoms with Crippen molar-refractivity contribution in [3.05, 3.63) is 48.6 Å². The number of ether oxygens (including phenoxy) is 3. The number of carbonyl (C=O) groups is 3. The fourth-order valence-corrected chi connectivity index (χ4v) is 8.21. The van der Waals surface area contributed by atoms with Crippen molar-refractivity contribution in [3.63, 3.8) is 0 Å². The lowest BCUT2D eigenvalue weighted by Crippen LogP contribution is -2.30. The van der Waals surface area contributed by atoms with Gasteiger partial charge in [0.2, 0.25) is 0 Å². The van der Waals surface area contributed by atoms with Crippen molar-refractivity contribution in [2.24, 2.45) is 0 Å². The van der Waals surface area contributed by atoms with Gasteiger partial charge >= 0.3 is 17.9 Å². The molecule has 0 bridgehead atoms. The second-order valence-corrected chi connectivity index (χ2v) is 19.2. The van der Waals surface area contributed by atoms with Gasteiger partial charge in [-0.2, -0.15) is 0 Å². The first-order chi connectivity index (χ1) is 32.5. The van der Waals surface area contributed by atoms with Crippen LogP contribution in [0, 0.1) is 0 Å². The van der Waals surface area contributed by atoms with Crippen LogP contribution in [0.1, 0.15) is 297 Å². The van der Waals surface area contributed by atoms with E-state index in [1.165, 1.54) is 180 Å². The fraction of sp³-hybridized carbons (Fsp3) is 0.817. The maximum Gasteiger partial charge on any atom is 0.306 e. The molecule has 0 aromatic heterocycles. The Bertz CT molecular complexity index is 1150. The number of carbonyl (C=O) groups excluding carboxylic acids is 3. The maximum absolute atomic E-state index is 12.8. The molecule has 6 nitrogen and oxygen atoms in total. The highest BCUT2D eigenvalue weighted by atomic mass is 16.6. The van der Waals surface area contributed by atoms with Gasteiger partial charge in [0.15, 0.2) is 6.10 Å². The highest BCUT2D eigenvalue weighted by molar-refractivity contribution is 5.71. The summed E-state index contributed by atoms with van der Waals surface area (Å²) in [7, 11) is 0. The van der Waals surface area contributed by atoms with E-state index in [0.717, 1.165) is 77.0 Å². The molecule has 0 rings (SSSR count). The van der Waals surface area contributed by atoms with Gasteiger partial charge in [-0.15, -0.1) is 0 Å². The first kappa shape index (κ1) is 63.4. The molecule has 0 amide bonds. The second kappa shape index (κ2) is 55.0. The lowest BCUT2D eigenvalue weighted by Gasteiger charge is -2.18. The molecule has 1 atom stereocenters. The van der Waals surface area contributed by atoms with Gasteiger partial charge in [-0.3, -0.25) is 14.4 Å². The quantitative estimate of drug-likeness (QED) is 0.0262. The molecule has 66 heavy (non-hydrogen) atoms. The van der Waals surface area contributed by atoms with E-state index in [9.17, 15) is 14.4 Å². The van der Waals surface area contributed by atoms with Crippen molar-refractivity contribution in [3.8, 4) is 0 Å².